The molecule has 0 aromatic carbocycles. The predicted octanol–water partition coefficient (Wildman–Crippen LogP) is 1.60. The number of carbonyl (C=O) groups is 1. The maximum atomic E-state index is 12.1. The Morgan fingerprint density at radius 2 is 2.21 bits per heavy atom. The van der Waals surface area contributed by atoms with Gasteiger partial charge in [-0.25, -0.2) is 4.98 Å². The van der Waals surface area contributed by atoms with Crippen molar-refractivity contribution in [3.63, 3.8) is 0 Å². The minimum atomic E-state index is -0.438. The van der Waals surface area contributed by atoms with Crippen molar-refractivity contribution in [3.05, 3.63) is 28.5 Å². The van der Waals surface area contributed by atoms with Gasteiger partial charge in [0.1, 0.15) is 5.15 Å². The summed E-state index contributed by atoms with van der Waals surface area (Å²) in [5.41, 5.74) is 1.18. The molecule has 2 N–H and O–H groups in total. The zero-order valence-corrected chi connectivity index (χ0v) is 12.1. The molecule has 5 nitrogen and oxygen atoms in total. The van der Waals surface area contributed by atoms with E-state index < -0.39 is 6.04 Å². The van der Waals surface area contributed by atoms with Gasteiger partial charge in [0.25, 0.3) is 5.91 Å². The first kappa shape index (κ1) is 15.9. The Morgan fingerprint density at radius 3 is 2.74 bits per heavy atom. The average Bonchev–Trinajstić information content (AvgIpc) is 2.37. The third-order valence-electron chi connectivity index (χ3n) is 2.59. The number of aliphatic hydroxyl groups excluding tert-OH is 1. The lowest BCUT2D eigenvalue weighted by Gasteiger charge is -2.16. The van der Waals surface area contributed by atoms with Crippen molar-refractivity contribution < 1.29 is 14.6 Å². The van der Waals surface area contributed by atoms with Crippen molar-refractivity contribution in [3.8, 4) is 0 Å². The molecule has 106 valence electrons. The molecule has 0 spiro atoms. The highest BCUT2D eigenvalue weighted by molar-refractivity contribution is 6.29. The molecular weight excluding hydrogens is 268 g/mol. The van der Waals surface area contributed by atoms with Crippen LogP contribution in [0, 0.1) is 0 Å². The molecule has 1 aromatic heterocycles. The van der Waals surface area contributed by atoms with E-state index in [-0.39, 0.29) is 30.2 Å². The third kappa shape index (κ3) is 4.78. The summed E-state index contributed by atoms with van der Waals surface area (Å²) in [6.45, 7) is 4.01. The van der Waals surface area contributed by atoms with Crippen LogP contribution in [-0.2, 0) is 4.74 Å². The number of carbonyl (C=O) groups excluding carboxylic acids is 1. The van der Waals surface area contributed by atoms with Crippen molar-refractivity contribution in [1.82, 2.24) is 10.3 Å². The smallest absolute Gasteiger partial charge is 0.251 e. The Balaban J connectivity index is 2.87. The van der Waals surface area contributed by atoms with Crippen LogP contribution < -0.4 is 5.32 Å². The highest BCUT2D eigenvalue weighted by atomic mass is 35.5. The van der Waals surface area contributed by atoms with Gasteiger partial charge in [-0.1, -0.05) is 25.4 Å². The molecule has 1 amide bonds. The van der Waals surface area contributed by atoms with E-state index in [1.54, 1.807) is 6.07 Å². The Hall–Kier alpha value is -1.17. The molecule has 1 unspecified atom stereocenters. The number of hydrogen-bond donors (Lipinski definition) is 2. The van der Waals surface area contributed by atoms with Crippen LogP contribution in [-0.4, -0.2) is 42.4 Å². The van der Waals surface area contributed by atoms with E-state index >= 15 is 0 Å². The van der Waals surface area contributed by atoms with E-state index in [1.807, 2.05) is 13.8 Å². The quantitative estimate of drug-likeness (QED) is 0.779. The van der Waals surface area contributed by atoms with Gasteiger partial charge in [0.15, 0.2) is 0 Å². The fraction of sp³-hybridized carbons (Fsp3) is 0.538. The lowest BCUT2D eigenvalue weighted by atomic mass is 10.1. The number of pyridine rings is 1. The molecule has 1 atom stereocenters. The second-order valence-electron chi connectivity index (χ2n) is 4.57. The molecule has 0 fully saturated rings. The molecule has 0 aliphatic carbocycles. The molecule has 0 bridgehead atoms. The Bertz CT molecular complexity index is 438. The monoisotopic (exact) mass is 286 g/mol. The van der Waals surface area contributed by atoms with Crippen molar-refractivity contribution in [2.45, 2.75) is 25.8 Å². The third-order valence-corrected chi connectivity index (χ3v) is 2.78. The van der Waals surface area contributed by atoms with Gasteiger partial charge < -0.3 is 15.2 Å². The van der Waals surface area contributed by atoms with Crippen LogP contribution in [0.5, 0.6) is 0 Å². The molecule has 0 saturated heterocycles. The zero-order chi connectivity index (χ0) is 14.4. The topological polar surface area (TPSA) is 71.5 Å². The second-order valence-corrected chi connectivity index (χ2v) is 4.95. The SMILES string of the molecule is COCC(CO)NC(=O)c1cc(Cl)nc(C(C)C)c1. The summed E-state index contributed by atoms with van der Waals surface area (Å²) in [6.07, 6.45) is 0. The van der Waals surface area contributed by atoms with Gasteiger partial charge >= 0.3 is 0 Å². The molecule has 0 aliphatic rings. The number of methoxy groups -OCH3 is 1. The molecule has 0 aliphatic heterocycles. The number of aliphatic hydroxyl groups is 1. The maximum absolute atomic E-state index is 12.1. The van der Waals surface area contributed by atoms with Gasteiger partial charge in [-0.3, -0.25) is 4.79 Å². The zero-order valence-electron chi connectivity index (χ0n) is 11.3. The predicted molar refractivity (Wildman–Crippen MR) is 73.6 cm³/mol. The number of hydrogen-bond acceptors (Lipinski definition) is 4. The first-order chi connectivity index (χ1) is 8.97. The summed E-state index contributed by atoms with van der Waals surface area (Å²) >= 11 is 5.90. The molecule has 6 heteroatoms. The molecule has 1 rings (SSSR count). The van der Waals surface area contributed by atoms with Crippen LogP contribution in [0.25, 0.3) is 0 Å². The van der Waals surface area contributed by atoms with Crippen molar-refractivity contribution in [2.75, 3.05) is 20.3 Å². The standard InChI is InChI=1S/C13H19ClN2O3/c1-8(2)11-4-9(5-12(14)16-11)13(18)15-10(6-17)7-19-3/h4-5,8,10,17H,6-7H2,1-3H3,(H,15,18). The van der Waals surface area contributed by atoms with E-state index in [1.165, 1.54) is 13.2 Å². The fourth-order valence-corrected chi connectivity index (χ4v) is 1.77. The number of rotatable bonds is 6. The van der Waals surface area contributed by atoms with E-state index in [4.69, 9.17) is 21.4 Å². The highest BCUT2D eigenvalue weighted by Crippen LogP contribution is 2.17. The van der Waals surface area contributed by atoms with Crippen LogP contribution in [0.1, 0.15) is 35.8 Å². The number of ether oxygens (including phenoxy) is 1. The summed E-state index contributed by atoms with van der Waals surface area (Å²) in [4.78, 5) is 16.2. The minimum absolute atomic E-state index is 0.179. The molecule has 0 radical (unpaired) electrons. The Labute approximate surface area is 117 Å². The second kappa shape index (κ2) is 7.43. The lowest BCUT2D eigenvalue weighted by molar-refractivity contribution is 0.0839. The molecule has 0 saturated carbocycles. The minimum Gasteiger partial charge on any atom is -0.394 e. The molecular formula is C13H19ClN2O3. The number of nitrogens with zero attached hydrogens (tertiary/aromatic N) is 1. The van der Waals surface area contributed by atoms with E-state index in [2.05, 4.69) is 10.3 Å². The summed E-state index contributed by atoms with van der Waals surface area (Å²) in [5.74, 6) is -0.125. The van der Waals surface area contributed by atoms with Crippen molar-refractivity contribution in [2.24, 2.45) is 0 Å². The van der Waals surface area contributed by atoms with E-state index in [9.17, 15) is 4.79 Å². The van der Waals surface area contributed by atoms with Gasteiger partial charge in [-0.2, -0.15) is 0 Å². The molecule has 19 heavy (non-hydrogen) atoms. The number of amides is 1. The number of halogens is 1. The largest absolute Gasteiger partial charge is 0.394 e. The van der Waals surface area contributed by atoms with E-state index in [0.717, 1.165) is 5.69 Å². The normalized spacial score (nSPS) is 12.5. The van der Waals surface area contributed by atoms with Gasteiger partial charge in [0, 0.05) is 18.4 Å². The fourth-order valence-electron chi connectivity index (χ4n) is 1.55. The van der Waals surface area contributed by atoms with Crippen LogP contribution in [0.15, 0.2) is 12.1 Å². The Morgan fingerprint density at radius 1 is 1.53 bits per heavy atom. The van der Waals surface area contributed by atoms with Gasteiger partial charge in [-0.15, -0.1) is 0 Å². The van der Waals surface area contributed by atoms with Gasteiger partial charge in [0.2, 0.25) is 0 Å². The summed E-state index contributed by atoms with van der Waals surface area (Å²) < 4.78 is 4.90. The van der Waals surface area contributed by atoms with E-state index in [0.29, 0.717) is 5.56 Å². The van der Waals surface area contributed by atoms with Crippen molar-refractivity contribution >= 4 is 17.5 Å². The average molecular weight is 287 g/mol. The summed E-state index contributed by atoms with van der Waals surface area (Å²) in [7, 11) is 1.51. The maximum Gasteiger partial charge on any atom is 0.251 e. The van der Waals surface area contributed by atoms with Crippen LogP contribution in [0.2, 0.25) is 5.15 Å². The number of nitrogens with one attached hydrogen (secondary N) is 1. The number of aromatic nitrogens is 1. The van der Waals surface area contributed by atoms with Gasteiger partial charge in [0.05, 0.1) is 19.3 Å². The Kier molecular flexibility index (Phi) is 6.21. The summed E-state index contributed by atoms with van der Waals surface area (Å²) in [6, 6.07) is 2.77. The van der Waals surface area contributed by atoms with Gasteiger partial charge in [-0.05, 0) is 18.1 Å². The summed E-state index contributed by atoms with van der Waals surface area (Å²) in [5, 5.41) is 12.1. The van der Waals surface area contributed by atoms with Crippen LogP contribution in [0.4, 0.5) is 0 Å². The van der Waals surface area contributed by atoms with Crippen molar-refractivity contribution in [1.29, 1.82) is 0 Å². The first-order valence-electron chi connectivity index (χ1n) is 6.06. The molecule has 1 heterocycles. The van der Waals surface area contributed by atoms with Crippen LogP contribution >= 0.6 is 11.6 Å². The van der Waals surface area contributed by atoms with Crippen LogP contribution in [0.3, 0.4) is 0 Å². The molecule has 1 aromatic rings. The highest BCUT2D eigenvalue weighted by Gasteiger charge is 2.15. The first-order valence-corrected chi connectivity index (χ1v) is 6.43. The lowest BCUT2D eigenvalue weighted by Crippen LogP contribution is -2.40.